The Kier molecular flexibility index (Phi) is 5.86. The molecule has 0 bridgehead atoms. The summed E-state index contributed by atoms with van der Waals surface area (Å²) in [7, 11) is 1.60. The third-order valence-electron chi connectivity index (χ3n) is 6.37. The molecule has 0 spiro atoms. The van der Waals surface area contributed by atoms with Crippen LogP contribution in [0.3, 0.4) is 0 Å². The summed E-state index contributed by atoms with van der Waals surface area (Å²) in [4.78, 5) is 23.1. The van der Waals surface area contributed by atoms with Crippen LogP contribution in [0.5, 0.6) is 5.75 Å². The van der Waals surface area contributed by atoms with E-state index >= 15 is 0 Å². The molecular formula is C26H25FN4O4. The van der Waals surface area contributed by atoms with E-state index in [0.717, 1.165) is 16.9 Å². The maximum Gasteiger partial charge on any atom is 0.250 e. The van der Waals surface area contributed by atoms with Gasteiger partial charge in [0.05, 0.1) is 49.9 Å². The number of nitrogens with zero attached hydrogens (tertiary/aromatic N) is 4. The number of morpholine rings is 1. The highest BCUT2D eigenvalue weighted by atomic mass is 19.1. The van der Waals surface area contributed by atoms with Crippen LogP contribution >= 0.6 is 0 Å². The van der Waals surface area contributed by atoms with Gasteiger partial charge in [-0.05, 0) is 48.4 Å². The van der Waals surface area contributed by atoms with Crippen molar-refractivity contribution in [3.8, 4) is 11.4 Å². The molecular weight excluding hydrogens is 451 g/mol. The third-order valence-corrected chi connectivity index (χ3v) is 6.37. The van der Waals surface area contributed by atoms with Crippen LogP contribution in [0.4, 0.5) is 4.39 Å². The van der Waals surface area contributed by atoms with Gasteiger partial charge in [-0.3, -0.25) is 4.79 Å². The summed E-state index contributed by atoms with van der Waals surface area (Å²) in [5, 5.41) is 10.5. The first-order valence-electron chi connectivity index (χ1n) is 11.2. The lowest BCUT2D eigenvalue weighted by molar-refractivity contribution is -0.123. The van der Waals surface area contributed by atoms with Crippen LogP contribution in [0.25, 0.3) is 11.8 Å². The molecule has 1 unspecified atom stereocenters. The molecule has 35 heavy (non-hydrogen) atoms. The Morgan fingerprint density at radius 3 is 2.74 bits per heavy atom. The predicted molar refractivity (Wildman–Crippen MR) is 128 cm³/mol. The maximum absolute atomic E-state index is 13.6. The number of rotatable bonds is 5. The molecule has 0 radical (unpaired) electrons. The summed E-state index contributed by atoms with van der Waals surface area (Å²) in [5.74, 6) is 0.636. The second-order valence-corrected chi connectivity index (χ2v) is 8.56. The minimum absolute atomic E-state index is 0.0151. The molecule has 2 aromatic carbocycles. The number of ether oxygens (including phenoxy) is 2. The largest absolute Gasteiger partial charge is 0.495 e. The number of carbonyl (C=O) groups is 1. The number of methoxy groups -OCH3 is 1. The summed E-state index contributed by atoms with van der Waals surface area (Å²) < 4.78 is 27.0. The number of halogens is 1. The van der Waals surface area contributed by atoms with Crippen molar-refractivity contribution in [1.29, 1.82) is 0 Å². The van der Waals surface area contributed by atoms with Gasteiger partial charge in [-0.2, -0.15) is 4.99 Å². The molecule has 8 nitrogen and oxygen atoms in total. The molecule has 2 aliphatic rings. The molecule has 1 aromatic heterocycles. The van der Waals surface area contributed by atoms with Gasteiger partial charge in [0.1, 0.15) is 18.2 Å². The number of aliphatic imine (C=N–C) groups is 1. The molecule has 180 valence electrons. The van der Waals surface area contributed by atoms with E-state index in [1.165, 1.54) is 12.1 Å². The molecule has 0 aliphatic carbocycles. The van der Waals surface area contributed by atoms with Crippen molar-refractivity contribution in [3.05, 3.63) is 83.4 Å². The first-order valence-corrected chi connectivity index (χ1v) is 11.2. The minimum atomic E-state index is -1.05. The molecule has 1 N–H and O–H groups in total. The van der Waals surface area contributed by atoms with Crippen molar-refractivity contribution in [2.75, 3.05) is 26.9 Å². The average Bonchev–Trinajstić information content (AvgIpc) is 3.30. The van der Waals surface area contributed by atoms with Gasteiger partial charge in [0.15, 0.2) is 11.6 Å². The standard InChI is InChI=1S/C26H25FN4O4/c1-17-14-30(16-28-17)21-8-3-18(11-22(21)34-2)12-23-25-29-24(33)13-26(15-32,31(25)9-10-35-23)19-4-6-20(27)7-5-19/h3-8,11-12,14,16,32H,9-10,13,15H2,1-2H3. The summed E-state index contributed by atoms with van der Waals surface area (Å²) in [6.45, 7) is 2.34. The van der Waals surface area contributed by atoms with Gasteiger partial charge in [-0.1, -0.05) is 18.2 Å². The van der Waals surface area contributed by atoms with Gasteiger partial charge in [0, 0.05) is 6.20 Å². The second kappa shape index (κ2) is 8.99. The van der Waals surface area contributed by atoms with Gasteiger partial charge in [0.2, 0.25) is 0 Å². The number of amides is 1. The Bertz CT molecular complexity index is 1330. The summed E-state index contributed by atoms with van der Waals surface area (Å²) >= 11 is 0. The quantitative estimate of drug-likeness (QED) is 0.608. The van der Waals surface area contributed by atoms with Crippen LogP contribution < -0.4 is 4.74 Å². The maximum atomic E-state index is 13.6. The zero-order chi connectivity index (χ0) is 24.6. The number of hydrogen-bond donors (Lipinski definition) is 1. The number of aliphatic hydroxyl groups is 1. The van der Waals surface area contributed by atoms with Crippen LogP contribution in [0.15, 0.2) is 65.7 Å². The molecule has 1 amide bonds. The zero-order valence-corrected chi connectivity index (χ0v) is 19.4. The fourth-order valence-corrected chi connectivity index (χ4v) is 4.64. The van der Waals surface area contributed by atoms with Crippen LogP contribution in [0.2, 0.25) is 0 Å². The number of hydrogen-bond acceptors (Lipinski definition) is 6. The van der Waals surface area contributed by atoms with Gasteiger partial charge >= 0.3 is 0 Å². The lowest BCUT2D eigenvalue weighted by Gasteiger charge is -2.48. The van der Waals surface area contributed by atoms with Crippen molar-refractivity contribution in [3.63, 3.8) is 0 Å². The number of amidine groups is 1. The van der Waals surface area contributed by atoms with E-state index in [0.29, 0.717) is 36.1 Å². The van der Waals surface area contributed by atoms with E-state index in [1.807, 2.05) is 40.8 Å². The van der Waals surface area contributed by atoms with Crippen molar-refractivity contribution in [2.45, 2.75) is 18.9 Å². The fraction of sp³-hybridized carbons (Fsp3) is 0.269. The second-order valence-electron chi connectivity index (χ2n) is 8.56. The van der Waals surface area contributed by atoms with Crippen molar-refractivity contribution in [2.24, 2.45) is 4.99 Å². The van der Waals surface area contributed by atoms with E-state index in [-0.39, 0.29) is 24.8 Å². The summed E-state index contributed by atoms with van der Waals surface area (Å²) in [5.41, 5.74) is 2.11. The van der Waals surface area contributed by atoms with Crippen molar-refractivity contribution < 1.29 is 23.8 Å². The molecule has 5 rings (SSSR count). The highest BCUT2D eigenvalue weighted by Crippen LogP contribution is 2.39. The fourth-order valence-electron chi connectivity index (χ4n) is 4.64. The minimum Gasteiger partial charge on any atom is -0.495 e. The number of aliphatic hydroxyl groups excluding tert-OH is 1. The van der Waals surface area contributed by atoms with Gasteiger partial charge < -0.3 is 24.0 Å². The van der Waals surface area contributed by atoms with Gasteiger partial charge in [-0.15, -0.1) is 0 Å². The molecule has 2 aliphatic heterocycles. The molecule has 1 atom stereocenters. The molecule has 9 heteroatoms. The molecule has 3 aromatic rings. The summed E-state index contributed by atoms with van der Waals surface area (Å²) in [6.07, 6.45) is 5.41. The van der Waals surface area contributed by atoms with Gasteiger partial charge in [-0.25, -0.2) is 9.37 Å². The Labute approximate surface area is 202 Å². The number of fused-ring (bicyclic) bond motifs is 1. The monoisotopic (exact) mass is 476 g/mol. The number of aryl methyl sites for hydroxylation is 1. The van der Waals surface area contributed by atoms with Gasteiger partial charge in [0.25, 0.3) is 5.91 Å². The Morgan fingerprint density at radius 2 is 2.06 bits per heavy atom. The first-order chi connectivity index (χ1) is 16.9. The van der Waals surface area contributed by atoms with Crippen LogP contribution in [-0.2, 0) is 15.1 Å². The molecule has 1 saturated heterocycles. The highest BCUT2D eigenvalue weighted by molar-refractivity contribution is 6.08. The average molecular weight is 477 g/mol. The molecule has 3 heterocycles. The predicted octanol–water partition coefficient (Wildman–Crippen LogP) is 3.22. The van der Waals surface area contributed by atoms with Crippen LogP contribution in [0.1, 0.15) is 23.2 Å². The lowest BCUT2D eigenvalue weighted by Crippen LogP contribution is -2.59. The smallest absolute Gasteiger partial charge is 0.250 e. The third kappa shape index (κ3) is 4.08. The number of aromatic nitrogens is 2. The highest BCUT2D eigenvalue weighted by Gasteiger charge is 2.47. The first kappa shape index (κ1) is 22.8. The zero-order valence-electron chi connectivity index (χ0n) is 19.4. The SMILES string of the molecule is COc1cc(C=C2OCCN3C2=NC(=O)CC3(CO)c2ccc(F)cc2)ccc1-n1cnc(C)c1. The number of benzene rings is 2. The number of carbonyl (C=O) groups excluding carboxylic acids is 1. The van der Waals surface area contributed by atoms with Crippen molar-refractivity contribution >= 4 is 17.8 Å². The molecule has 0 saturated carbocycles. The van der Waals surface area contributed by atoms with E-state index < -0.39 is 5.54 Å². The van der Waals surface area contributed by atoms with E-state index in [9.17, 15) is 14.3 Å². The van der Waals surface area contributed by atoms with E-state index in [1.54, 1.807) is 31.6 Å². The Hall–Kier alpha value is -3.98. The normalized spacial score (nSPS) is 20.9. The molecule has 1 fully saturated rings. The number of imidazole rings is 1. The summed E-state index contributed by atoms with van der Waals surface area (Å²) in [6, 6.07) is 11.5. The van der Waals surface area contributed by atoms with Crippen LogP contribution in [0, 0.1) is 12.7 Å². The van der Waals surface area contributed by atoms with Crippen molar-refractivity contribution in [1.82, 2.24) is 14.5 Å². The Morgan fingerprint density at radius 1 is 1.26 bits per heavy atom. The topological polar surface area (TPSA) is 89.2 Å². The van der Waals surface area contributed by atoms with E-state index in [4.69, 9.17) is 9.47 Å². The lowest BCUT2D eigenvalue weighted by atomic mass is 9.83. The van der Waals surface area contributed by atoms with E-state index in [2.05, 4.69) is 9.98 Å². The van der Waals surface area contributed by atoms with Crippen LogP contribution in [-0.4, -0.2) is 58.2 Å². The Balaban J connectivity index is 1.54.